The van der Waals surface area contributed by atoms with Crippen molar-refractivity contribution in [2.75, 3.05) is 7.11 Å². The van der Waals surface area contributed by atoms with Gasteiger partial charge in [0.1, 0.15) is 5.75 Å². The van der Waals surface area contributed by atoms with Gasteiger partial charge in [0.2, 0.25) is 0 Å². The van der Waals surface area contributed by atoms with Crippen molar-refractivity contribution in [1.82, 2.24) is 0 Å². The fourth-order valence-corrected chi connectivity index (χ4v) is 2.38. The van der Waals surface area contributed by atoms with Crippen molar-refractivity contribution in [1.29, 1.82) is 0 Å². The minimum Gasteiger partial charge on any atom is -0.497 e. The van der Waals surface area contributed by atoms with Gasteiger partial charge >= 0.3 is 0 Å². The molecule has 0 fully saturated rings. The normalized spacial score (nSPS) is 14.3. The van der Waals surface area contributed by atoms with Gasteiger partial charge in [-0.1, -0.05) is 44.5 Å². The van der Waals surface area contributed by atoms with Gasteiger partial charge in [0.15, 0.2) is 0 Å². The summed E-state index contributed by atoms with van der Waals surface area (Å²) in [6, 6.07) is 12.8. The molecule has 19 heavy (non-hydrogen) atoms. The highest BCUT2D eigenvalue weighted by Gasteiger charge is 2.13. The van der Waals surface area contributed by atoms with Crippen molar-refractivity contribution in [3.8, 4) is 5.75 Å². The van der Waals surface area contributed by atoms with Gasteiger partial charge < -0.3 is 10.5 Å². The largest absolute Gasteiger partial charge is 0.497 e. The average Bonchev–Trinajstić information content (AvgIpc) is 2.46. The van der Waals surface area contributed by atoms with Gasteiger partial charge in [-0.3, -0.25) is 0 Å². The third kappa shape index (κ3) is 3.07. The lowest BCUT2D eigenvalue weighted by atomic mass is 9.91. The number of nitrogens with two attached hydrogens (primary N) is 1. The molecular weight excluding hydrogens is 234 g/mol. The quantitative estimate of drug-likeness (QED) is 0.885. The van der Waals surface area contributed by atoms with E-state index in [0.29, 0.717) is 5.92 Å². The summed E-state index contributed by atoms with van der Waals surface area (Å²) in [7, 11) is 1.70. The van der Waals surface area contributed by atoms with Gasteiger partial charge in [0, 0.05) is 6.04 Å². The second-order valence-electron chi connectivity index (χ2n) is 5.26. The van der Waals surface area contributed by atoms with Gasteiger partial charge in [-0.05, 0) is 40.8 Å². The molecule has 2 rings (SSSR count). The Hall–Kier alpha value is -1.54. The summed E-state index contributed by atoms with van der Waals surface area (Å²) in [6.07, 6.45) is 2.04. The van der Waals surface area contributed by atoms with Crippen LogP contribution in [-0.2, 0) is 6.42 Å². The first kappa shape index (κ1) is 13.9. The second kappa shape index (κ2) is 6.07. The SMILES string of the molecule is CCC(C)C(N)Cc1cccc2ccc(OC)cc12. The molecule has 0 aliphatic carbocycles. The van der Waals surface area contributed by atoms with Crippen LogP contribution in [-0.4, -0.2) is 13.2 Å². The molecule has 0 aliphatic rings. The predicted octanol–water partition coefficient (Wildman–Crippen LogP) is 3.76. The molecule has 2 N–H and O–H groups in total. The maximum Gasteiger partial charge on any atom is 0.119 e. The number of rotatable bonds is 5. The Balaban J connectivity index is 2.36. The van der Waals surface area contributed by atoms with E-state index in [1.165, 1.54) is 16.3 Å². The first-order valence-corrected chi connectivity index (χ1v) is 6.97. The topological polar surface area (TPSA) is 35.2 Å². The molecule has 2 unspecified atom stereocenters. The van der Waals surface area contributed by atoms with Crippen LogP contribution in [0, 0.1) is 5.92 Å². The van der Waals surface area contributed by atoms with E-state index in [4.69, 9.17) is 10.5 Å². The third-order valence-corrected chi connectivity index (χ3v) is 4.01. The third-order valence-electron chi connectivity index (χ3n) is 4.01. The zero-order chi connectivity index (χ0) is 13.8. The first-order chi connectivity index (χ1) is 9.15. The van der Waals surface area contributed by atoms with Crippen LogP contribution in [0.15, 0.2) is 36.4 Å². The van der Waals surface area contributed by atoms with Gasteiger partial charge in [0.05, 0.1) is 7.11 Å². The average molecular weight is 257 g/mol. The Bertz CT molecular complexity index is 550. The molecule has 0 amide bonds. The Labute approximate surface area is 115 Å². The van der Waals surface area contributed by atoms with Crippen molar-refractivity contribution in [2.45, 2.75) is 32.7 Å². The number of methoxy groups -OCH3 is 1. The van der Waals surface area contributed by atoms with Crippen molar-refractivity contribution < 1.29 is 4.74 Å². The zero-order valence-corrected chi connectivity index (χ0v) is 12.0. The number of ether oxygens (including phenoxy) is 1. The number of hydrogen-bond donors (Lipinski definition) is 1. The van der Waals surface area contributed by atoms with E-state index in [9.17, 15) is 0 Å². The number of benzene rings is 2. The Morgan fingerprint density at radius 1 is 1.21 bits per heavy atom. The van der Waals surface area contributed by atoms with E-state index in [-0.39, 0.29) is 6.04 Å². The summed E-state index contributed by atoms with van der Waals surface area (Å²) >= 11 is 0. The highest BCUT2D eigenvalue weighted by atomic mass is 16.5. The highest BCUT2D eigenvalue weighted by Crippen LogP contribution is 2.25. The fourth-order valence-electron chi connectivity index (χ4n) is 2.38. The van der Waals surface area contributed by atoms with Crippen LogP contribution in [0.4, 0.5) is 0 Å². The van der Waals surface area contributed by atoms with Crippen LogP contribution in [0.3, 0.4) is 0 Å². The maximum atomic E-state index is 6.29. The summed E-state index contributed by atoms with van der Waals surface area (Å²) in [6.45, 7) is 4.41. The molecular formula is C17H23NO. The number of fused-ring (bicyclic) bond motifs is 1. The van der Waals surface area contributed by atoms with Crippen LogP contribution in [0.5, 0.6) is 5.75 Å². The first-order valence-electron chi connectivity index (χ1n) is 6.97. The molecule has 0 saturated carbocycles. The van der Waals surface area contributed by atoms with E-state index in [0.717, 1.165) is 18.6 Å². The molecule has 102 valence electrons. The Morgan fingerprint density at radius 2 is 2.00 bits per heavy atom. The van der Waals surface area contributed by atoms with Crippen LogP contribution in [0.1, 0.15) is 25.8 Å². The van der Waals surface area contributed by atoms with E-state index in [2.05, 4.69) is 44.2 Å². The highest BCUT2D eigenvalue weighted by molar-refractivity contribution is 5.87. The molecule has 2 aromatic rings. The molecule has 2 atom stereocenters. The van der Waals surface area contributed by atoms with Crippen molar-refractivity contribution in [3.05, 3.63) is 42.0 Å². The Kier molecular flexibility index (Phi) is 4.43. The minimum absolute atomic E-state index is 0.210. The summed E-state index contributed by atoms with van der Waals surface area (Å²) in [4.78, 5) is 0. The molecule has 0 bridgehead atoms. The lowest BCUT2D eigenvalue weighted by molar-refractivity contribution is 0.415. The molecule has 0 saturated heterocycles. The van der Waals surface area contributed by atoms with Crippen LogP contribution >= 0.6 is 0 Å². The summed E-state index contributed by atoms with van der Waals surface area (Å²) in [5.74, 6) is 1.44. The van der Waals surface area contributed by atoms with Crippen LogP contribution in [0.25, 0.3) is 10.8 Å². The lowest BCUT2D eigenvalue weighted by Crippen LogP contribution is -2.30. The molecule has 0 heterocycles. The predicted molar refractivity (Wildman–Crippen MR) is 81.6 cm³/mol. The molecule has 2 aromatic carbocycles. The maximum absolute atomic E-state index is 6.29. The number of hydrogen-bond acceptors (Lipinski definition) is 2. The molecule has 0 radical (unpaired) electrons. The minimum atomic E-state index is 0.210. The monoisotopic (exact) mass is 257 g/mol. The van der Waals surface area contributed by atoms with Crippen LogP contribution in [0.2, 0.25) is 0 Å². The van der Waals surface area contributed by atoms with Crippen molar-refractivity contribution in [2.24, 2.45) is 11.7 Å². The van der Waals surface area contributed by atoms with Crippen molar-refractivity contribution >= 4 is 10.8 Å². The van der Waals surface area contributed by atoms with E-state index < -0.39 is 0 Å². The van der Waals surface area contributed by atoms with Crippen LogP contribution < -0.4 is 10.5 Å². The smallest absolute Gasteiger partial charge is 0.119 e. The zero-order valence-electron chi connectivity index (χ0n) is 12.0. The molecule has 0 spiro atoms. The molecule has 0 aliphatic heterocycles. The van der Waals surface area contributed by atoms with Crippen molar-refractivity contribution in [3.63, 3.8) is 0 Å². The second-order valence-corrected chi connectivity index (χ2v) is 5.26. The van der Waals surface area contributed by atoms with E-state index in [1.807, 2.05) is 6.07 Å². The van der Waals surface area contributed by atoms with Gasteiger partial charge in [-0.2, -0.15) is 0 Å². The van der Waals surface area contributed by atoms with E-state index >= 15 is 0 Å². The standard InChI is InChI=1S/C17H23NO/c1-4-12(2)17(18)10-14-7-5-6-13-8-9-15(19-3)11-16(13)14/h5-9,11-12,17H,4,10,18H2,1-3H3. The Morgan fingerprint density at radius 3 is 2.68 bits per heavy atom. The van der Waals surface area contributed by atoms with Gasteiger partial charge in [-0.25, -0.2) is 0 Å². The van der Waals surface area contributed by atoms with Gasteiger partial charge in [-0.15, -0.1) is 0 Å². The summed E-state index contributed by atoms with van der Waals surface area (Å²) in [5, 5.41) is 2.50. The summed E-state index contributed by atoms with van der Waals surface area (Å²) in [5.41, 5.74) is 7.60. The summed E-state index contributed by atoms with van der Waals surface area (Å²) < 4.78 is 5.32. The molecule has 2 heteroatoms. The lowest BCUT2D eigenvalue weighted by Gasteiger charge is -2.19. The molecule has 2 nitrogen and oxygen atoms in total. The fraction of sp³-hybridized carbons (Fsp3) is 0.412. The van der Waals surface area contributed by atoms with Gasteiger partial charge in [0.25, 0.3) is 0 Å². The molecule has 0 aromatic heterocycles. The van der Waals surface area contributed by atoms with E-state index in [1.54, 1.807) is 7.11 Å².